The fourth-order valence-corrected chi connectivity index (χ4v) is 2.78. The second-order valence-electron chi connectivity index (χ2n) is 6.94. The Morgan fingerprint density at radius 2 is 0.875 bits per heavy atom. The van der Waals surface area contributed by atoms with Crippen molar-refractivity contribution in [3.63, 3.8) is 0 Å². The van der Waals surface area contributed by atoms with Crippen molar-refractivity contribution < 1.29 is 19.1 Å². The highest BCUT2D eigenvalue weighted by Gasteiger charge is 2.20. The van der Waals surface area contributed by atoms with Crippen molar-refractivity contribution >= 4 is 11.9 Å². The van der Waals surface area contributed by atoms with Crippen molar-refractivity contribution in [1.82, 2.24) is 0 Å². The number of rotatable bonds is 9. The van der Waals surface area contributed by atoms with Crippen LogP contribution in [0.1, 0.15) is 46.4 Å². The minimum atomic E-state index is -0.609. The van der Waals surface area contributed by atoms with Gasteiger partial charge < -0.3 is 20.9 Å². The number of carbonyl (C=O) groups is 2. The van der Waals surface area contributed by atoms with Gasteiger partial charge in [0.15, 0.2) is 0 Å². The molecule has 0 aliphatic carbocycles. The Labute approximate surface area is 189 Å². The molecule has 0 saturated carbocycles. The van der Waals surface area contributed by atoms with Gasteiger partial charge in [0.05, 0.1) is 11.1 Å². The van der Waals surface area contributed by atoms with Crippen LogP contribution < -0.4 is 20.9 Å². The number of benzene rings is 3. The number of carbonyl (C=O) groups excluding carboxylic acids is 2. The molecule has 6 heteroatoms. The molecule has 0 bridgehead atoms. The van der Waals surface area contributed by atoms with Crippen molar-refractivity contribution in [1.29, 1.82) is 0 Å². The third-order valence-corrected chi connectivity index (χ3v) is 4.43. The van der Waals surface area contributed by atoms with Gasteiger partial charge in [0.25, 0.3) is 0 Å². The van der Waals surface area contributed by atoms with Gasteiger partial charge in [0, 0.05) is 0 Å². The summed E-state index contributed by atoms with van der Waals surface area (Å²) in [7, 11) is 0. The normalized spacial score (nSPS) is 9.94. The molecule has 3 aromatic rings. The lowest BCUT2D eigenvalue weighted by Gasteiger charge is -2.09. The Balaban J connectivity index is 0.000000390. The maximum Gasteiger partial charge on any atom is 0.344 e. The van der Waals surface area contributed by atoms with E-state index in [1.165, 1.54) is 25.0 Å². The van der Waals surface area contributed by atoms with Gasteiger partial charge in [0.1, 0.15) is 11.5 Å². The van der Waals surface area contributed by atoms with Crippen LogP contribution in [-0.4, -0.2) is 25.0 Å². The van der Waals surface area contributed by atoms with Crippen molar-refractivity contribution in [2.75, 3.05) is 13.1 Å². The average Bonchev–Trinajstić information content (AvgIpc) is 2.83. The van der Waals surface area contributed by atoms with E-state index in [4.69, 9.17) is 20.9 Å². The molecule has 3 rings (SSSR count). The molecule has 3 aromatic carbocycles. The summed E-state index contributed by atoms with van der Waals surface area (Å²) in [5, 5.41) is 0. The second kappa shape index (κ2) is 14.5. The Morgan fingerprint density at radius 1 is 0.531 bits per heavy atom. The van der Waals surface area contributed by atoms with E-state index in [2.05, 4.69) is 0 Å². The number of esters is 2. The topological polar surface area (TPSA) is 105 Å². The first-order valence-corrected chi connectivity index (χ1v) is 10.7. The molecule has 0 aliphatic heterocycles. The predicted octanol–water partition coefficient (Wildman–Crippen LogP) is 4.59. The average molecular weight is 435 g/mol. The second-order valence-corrected chi connectivity index (χ2v) is 6.94. The number of nitrogens with two attached hydrogens (primary N) is 2. The highest BCUT2D eigenvalue weighted by atomic mass is 16.5. The third kappa shape index (κ3) is 8.71. The fraction of sp³-hybridized carbons (Fsp3) is 0.231. The lowest BCUT2D eigenvalue weighted by molar-refractivity contribution is 0.0692. The summed E-state index contributed by atoms with van der Waals surface area (Å²) in [6, 6.07) is 23.8. The summed E-state index contributed by atoms with van der Waals surface area (Å²) in [6.07, 6.45) is 4.79. The van der Waals surface area contributed by atoms with E-state index in [1.54, 1.807) is 60.7 Å². The molecule has 0 unspecified atom stereocenters. The summed E-state index contributed by atoms with van der Waals surface area (Å²) in [5.41, 5.74) is 10.9. The molecule has 168 valence electrons. The van der Waals surface area contributed by atoms with Crippen molar-refractivity contribution in [3.05, 3.63) is 96.1 Å². The van der Waals surface area contributed by atoms with Crippen LogP contribution in [0.4, 0.5) is 0 Å². The SMILES string of the molecule is NCCCCCCN.O=C(Oc1ccccc1)c1ccccc1C(=O)Oc1ccccc1. The van der Waals surface area contributed by atoms with E-state index in [1.807, 2.05) is 12.1 Å². The molecule has 0 spiro atoms. The molecule has 0 heterocycles. The molecule has 0 radical (unpaired) electrons. The zero-order valence-corrected chi connectivity index (χ0v) is 18.1. The van der Waals surface area contributed by atoms with Gasteiger partial charge in [0.2, 0.25) is 0 Å². The molecule has 0 atom stereocenters. The first-order chi connectivity index (χ1) is 15.7. The smallest absolute Gasteiger partial charge is 0.344 e. The molecule has 0 fully saturated rings. The van der Waals surface area contributed by atoms with Crippen LogP contribution in [0.2, 0.25) is 0 Å². The summed E-state index contributed by atoms with van der Waals surface area (Å²) in [6.45, 7) is 1.65. The van der Waals surface area contributed by atoms with Gasteiger partial charge in [-0.25, -0.2) is 9.59 Å². The van der Waals surface area contributed by atoms with Crippen LogP contribution in [-0.2, 0) is 0 Å². The third-order valence-electron chi connectivity index (χ3n) is 4.43. The van der Waals surface area contributed by atoms with E-state index in [9.17, 15) is 9.59 Å². The Morgan fingerprint density at radius 3 is 1.22 bits per heavy atom. The molecule has 32 heavy (non-hydrogen) atoms. The quantitative estimate of drug-likeness (QED) is 0.290. The van der Waals surface area contributed by atoms with Crippen LogP contribution in [0, 0.1) is 0 Å². The molecule has 6 nitrogen and oxygen atoms in total. The maximum absolute atomic E-state index is 12.4. The van der Waals surface area contributed by atoms with E-state index < -0.39 is 11.9 Å². The number of ether oxygens (including phenoxy) is 2. The number of hydrogen-bond acceptors (Lipinski definition) is 6. The van der Waals surface area contributed by atoms with E-state index in [-0.39, 0.29) is 11.1 Å². The standard InChI is InChI=1S/C20H14O4.C6H16N2/c21-19(23-15-9-3-1-4-10-15)17-13-7-8-14-18(17)20(22)24-16-11-5-2-6-12-16;7-5-3-1-2-4-6-8/h1-14H;1-8H2. The minimum Gasteiger partial charge on any atom is -0.423 e. The van der Waals surface area contributed by atoms with Crippen LogP contribution in [0.3, 0.4) is 0 Å². The van der Waals surface area contributed by atoms with Gasteiger partial charge >= 0.3 is 11.9 Å². The lowest BCUT2D eigenvalue weighted by atomic mass is 10.1. The van der Waals surface area contributed by atoms with E-state index >= 15 is 0 Å². The zero-order valence-electron chi connectivity index (χ0n) is 18.1. The summed E-state index contributed by atoms with van der Waals surface area (Å²) < 4.78 is 10.6. The number of unbranched alkanes of at least 4 members (excludes halogenated alkanes) is 3. The monoisotopic (exact) mass is 434 g/mol. The van der Waals surface area contributed by atoms with Gasteiger partial charge in [-0.3, -0.25) is 0 Å². The first kappa shape index (κ1) is 24.8. The predicted molar refractivity (Wildman–Crippen MR) is 126 cm³/mol. The van der Waals surface area contributed by atoms with Gasteiger partial charge in [-0.15, -0.1) is 0 Å². The minimum absolute atomic E-state index is 0.155. The molecule has 0 amide bonds. The highest BCUT2D eigenvalue weighted by Crippen LogP contribution is 2.17. The molecule has 0 saturated heterocycles. The van der Waals surface area contributed by atoms with Gasteiger partial charge in [-0.05, 0) is 62.3 Å². The maximum atomic E-state index is 12.4. The lowest BCUT2D eigenvalue weighted by Crippen LogP contribution is -2.17. The van der Waals surface area contributed by atoms with Crippen molar-refractivity contribution in [2.24, 2.45) is 11.5 Å². The van der Waals surface area contributed by atoms with Gasteiger partial charge in [-0.2, -0.15) is 0 Å². The zero-order chi connectivity index (χ0) is 23.0. The molecular formula is C26H30N2O4. The molecule has 0 aliphatic rings. The number of hydrogen-bond donors (Lipinski definition) is 2. The van der Waals surface area contributed by atoms with Crippen molar-refractivity contribution in [3.8, 4) is 11.5 Å². The largest absolute Gasteiger partial charge is 0.423 e. The highest BCUT2D eigenvalue weighted by molar-refractivity contribution is 6.04. The molecular weight excluding hydrogens is 404 g/mol. The Bertz CT molecular complexity index is 868. The molecule has 0 aromatic heterocycles. The first-order valence-electron chi connectivity index (χ1n) is 10.7. The van der Waals surface area contributed by atoms with Crippen LogP contribution in [0.5, 0.6) is 11.5 Å². The Hall–Kier alpha value is -3.48. The van der Waals surface area contributed by atoms with Crippen LogP contribution in [0.15, 0.2) is 84.9 Å². The molecule has 4 N–H and O–H groups in total. The van der Waals surface area contributed by atoms with Crippen LogP contribution >= 0.6 is 0 Å². The summed E-state index contributed by atoms with van der Waals surface area (Å²) >= 11 is 0. The Kier molecular flexibility index (Phi) is 11.2. The number of para-hydroxylation sites is 2. The van der Waals surface area contributed by atoms with Gasteiger partial charge in [-0.1, -0.05) is 61.4 Å². The fourth-order valence-electron chi connectivity index (χ4n) is 2.78. The van der Waals surface area contributed by atoms with E-state index in [0.717, 1.165) is 25.9 Å². The van der Waals surface area contributed by atoms with Crippen molar-refractivity contribution in [2.45, 2.75) is 25.7 Å². The van der Waals surface area contributed by atoms with Crippen LogP contribution in [0.25, 0.3) is 0 Å². The summed E-state index contributed by atoms with van der Waals surface area (Å²) in [4.78, 5) is 24.7. The van der Waals surface area contributed by atoms with E-state index in [0.29, 0.717) is 11.5 Å². The summed E-state index contributed by atoms with van der Waals surface area (Å²) in [5.74, 6) is -0.397.